The number of benzene rings is 1. The van der Waals surface area contributed by atoms with Crippen LogP contribution >= 0.6 is 15.9 Å². The summed E-state index contributed by atoms with van der Waals surface area (Å²) in [5.74, 6) is -0.601. The van der Waals surface area contributed by atoms with E-state index >= 15 is 0 Å². The maximum absolute atomic E-state index is 13.3. The van der Waals surface area contributed by atoms with Crippen LogP contribution in [0.15, 0.2) is 27.6 Å². The van der Waals surface area contributed by atoms with Gasteiger partial charge in [0.05, 0.1) is 9.37 Å². The number of hydrogen-bond donors (Lipinski definition) is 1. The fourth-order valence-electron chi connectivity index (χ4n) is 1.46. The van der Waals surface area contributed by atoms with Crippen molar-refractivity contribution in [2.45, 2.75) is 31.1 Å². The average molecular weight is 368 g/mol. The predicted molar refractivity (Wildman–Crippen MR) is 79.6 cm³/mol. The van der Waals surface area contributed by atoms with Crippen LogP contribution in [-0.2, 0) is 14.8 Å². The third-order valence-electron chi connectivity index (χ3n) is 2.60. The van der Waals surface area contributed by atoms with Crippen molar-refractivity contribution in [3.05, 3.63) is 28.5 Å². The third-order valence-corrected chi connectivity index (χ3v) is 4.70. The van der Waals surface area contributed by atoms with Gasteiger partial charge in [-0.2, -0.15) is 0 Å². The van der Waals surface area contributed by atoms with E-state index in [2.05, 4.69) is 27.6 Å². The molecular weight excluding hydrogens is 349 g/mol. The van der Waals surface area contributed by atoms with E-state index in [1.54, 1.807) is 0 Å². The SMILES string of the molecule is CCCCOCCCNS(=O)(=O)c1ccc(Br)c(F)c1. The zero-order valence-corrected chi connectivity index (χ0v) is 13.8. The van der Waals surface area contributed by atoms with Gasteiger partial charge in [-0.25, -0.2) is 17.5 Å². The van der Waals surface area contributed by atoms with Crippen molar-refractivity contribution in [3.63, 3.8) is 0 Å². The van der Waals surface area contributed by atoms with Crippen molar-refractivity contribution < 1.29 is 17.5 Å². The highest BCUT2D eigenvalue weighted by Crippen LogP contribution is 2.19. The topological polar surface area (TPSA) is 55.4 Å². The van der Waals surface area contributed by atoms with Gasteiger partial charge < -0.3 is 4.74 Å². The Kier molecular flexibility index (Phi) is 7.65. The van der Waals surface area contributed by atoms with E-state index in [0.29, 0.717) is 19.6 Å². The van der Waals surface area contributed by atoms with Crippen molar-refractivity contribution in [1.82, 2.24) is 4.72 Å². The summed E-state index contributed by atoms with van der Waals surface area (Å²) in [6, 6.07) is 3.72. The molecule has 0 radical (unpaired) electrons. The minimum Gasteiger partial charge on any atom is -0.381 e. The zero-order chi connectivity index (χ0) is 15.0. The minimum atomic E-state index is -3.66. The second-order valence-corrected chi connectivity index (χ2v) is 6.91. The summed E-state index contributed by atoms with van der Waals surface area (Å²) >= 11 is 2.98. The summed E-state index contributed by atoms with van der Waals surface area (Å²) in [4.78, 5) is -0.0786. The molecule has 1 rings (SSSR count). The van der Waals surface area contributed by atoms with E-state index in [9.17, 15) is 12.8 Å². The molecular formula is C13H19BrFNO3S. The number of halogens is 2. The fourth-order valence-corrected chi connectivity index (χ4v) is 2.79. The highest BCUT2D eigenvalue weighted by atomic mass is 79.9. The maximum Gasteiger partial charge on any atom is 0.240 e. The summed E-state index contributed by atoms with van der Waals surface area (Å²) in [5, 5.41) is 0. The Morgan fingerprint density at radius 3 is 2.65 bits per heavy atom. The number of sulfonamides is 1. The molecule has 1 aromatic carbocycles. The first kappa shape index (κ1) is 17.6. The lowest BCUT2D eigenvalue weighted by atomic mass is 10.3. The van der Waals surface area contributed by atoms with Crippen molar-refractivity contribution >= 4 is 26.0 Å². The van der Waals surface area contributed by atoms with Crippen molar-refractivity contribution in [2.24, 2.45) is 0 Å². The molecule has 1 N–H and O–H groups in total. The van der Waals surface area contributed by atoms with Crippen LogP contribution in [0.1, 0.15) is 26.2 Å². The van der Waals surface area contributed by atoms with Crippen LogP contribution in [0.4, 0.5) is 4.39 Å². The van der Waals surface area contributed by atoms with Crippen LogP contribution in [0.25, 0.3) is 0 Å². The van der Waals surface area contributed by atoms with Gasteiger partial charge in [0, 0.05) is 19.8 Å². The Balaban J connectivity index is 2.40. The predicted octanol–water partition coefficient (Wildman–Crippen LogP) is 3.07. The Morgan fingerprint density at radius 2 is 2.00 bits per heavy atom. The number of unbranched alkanes of at least 4 members (excludes halogenated alkanes) is 1. The first-order chi connectivity index (χ1) is 9.47. The molecule has 0 aliphatic carbocycles. The molecule has 0 aliphatic rings. The van der Waals surface area contributed by atoms with Gasteiger partial charge in [0.15, 0.2) is 0 Å². The van der Waals surface area contributed by atoms with Crippen LogP contribution in [0.5, 0.6) is 0 Å². The second kappa shape index (κ2) is 8.71. The first-order valence-corrected chi connectivity index (χ1v) is 8.77. The van der Waals surface area contributed by atoms with Gasteiger partial charge in [-0.05, 0) is 47.0 Å². The number of rotatable bonds is 9. The molecule has 1 aromatic rings. The summed E-state index contributed by atoms with van der Waals surface area (Å²) in [6.07, 6.45) is 2.66. The van der Waals surface area contributed by atoms with E-state index in [0.717, 1.165) is 18.9 Å². The van der Waals surface area contributed by atoms with E-state index in [4.69, 9.17) is 4.74 Å². The van der Waals surface area contributed by atoms with E-state index in [-0.39, 0.29) is 15.9 Å². The average Bonchev–Trinajstić information content (AvgIpc) is 2.40. The Labute approximate surface area is 127 Å². The molecule has 0 atom stereocenters. The van der Waals surface area contributed by atoms with Crippen LogP contribution < -0.4 is 4.72 Å². The van der Waals surface area contributed by atoms with Crippen LogP contribution in [-0.4, -0.2) is 28.2 Å². The molecule has 0 fully saturated rings. The Hall–Kier alpha value is -0.500. The lowest BCUT2D eigenvalue weighted by molar-refractivity contribution is 0.130. The third kappa shape index (κ3) is 5.87. The normalized spacial score (nSPS) is 11.8. The van der Waals surface area contributed by atoms with Gasteiger partial charge in [0.1, 0.15) is 5.82 Å². The van der Waals surface area contributed by atoms with Gasteiger partial charge in [0.25, 0.3) is 0 Å². The van der Waals surface area contributed by atoms with Gasteiger partial charge in [-0.3, -0.25) is 0 Å². The van der Waals surface area contributed by atoms with Gasteiger partial charge in [0.2, 0.25) is 10.0 Å². The van der Waals surface area contributed by atoms with Crippen LogP contribution in [0.2, 0.25) is 0 Å². The summed E-state index contributed by atoms with van der Waals surface area (Å²) in [5.41, 5.74) is 0. The van der Waals surface area contributed by atoms with E-state index < -0.39 is 15.8 Å². The molecule has 0 bridgehead atoms. The molecule has 0 saturated carbocycles. The second-order valence-electron chi connectivity index (χ2n) is 4.29. The highest BCUT2D eigenvalue weighted by molar-refractivity contribution is 9.10. The smallest absolute Gasteiger partial charge is 0.240 e. The van der Waals surface area contributed by atoms with Crippen molar-refractivity contribution in [3.8, 4) is 0 Å². The van der Waals surface area contributed by atoms with Gasteiger partial charge in [-0.1, -0.05) is 13.3 Å². The van der Waals surface area contributed by atoms with Gasteiger partial charge in [-0.15, -0.1) is 0 Å². The largest absolute Gasteiger partial charge is 0.381 e. The summed E-state index contributed by atoms with van der Waals surface area (Å²) < 4.78 is 45.1. The molecule has 0 aromatic heterocycles. The van der Waals surface area contributed by atoms with Crippen LogP contribution in [0.3, 0.4) is 0 Å². The van der Waals surface area contributed by atoms with E-state index in [1.807, 2.05) is 0 Å². The van der Waals surface area contributed by atoms with Crippen LogP contribution in [0, 0.1) is 5.82 Å². The maximum atomic E-state index is 13.3. The molecule has 7 heteroatoms. The molecule has 114 valence electrons. The first-order valence-electron chi connectivity index (χ1n) is 6.50. The van der Waals surface area contributed by atoms with Crippen molar-refractivity contribution in [2.75, 3.05) is 19.8 Å². The molecule has 0 amide bonds. The molecule has 0 aliphatic heterocycles. The molecule has 4 nitrogen and oxygen atoms in total. The number of nitrogens with one attached hydrogen (secondary N) is 1. The number of ether oxygens (including phenoxy) is 1. The molecule has 0 unspecified atom stereocenters. The summed E-state index contributed by atoms with van der Waals surface area (Å²) in [6.45, 7) is 3.55. The summed E-state index contributed by atoms with van der Waals surface area (Å²) in [7, 11) is -3.66. The minimum absolute atomic E-state index is 0.0786. The zero-order valence-electron chi connectivity index (χ0n) is 11.4. The Bertz CT molecular complexity index is 522. The molecule has 0 heterocycles. The lowest BCUT2D eigenvalue weighted by Crippen LogP contribution is -2.25. The molecule has 0 spiro atoms. The highest BCUT2D eigenvalue weighted by Gasteiger charge is 2.15. The quantitative estimate of drug-likeness (QED) is 0.682. The number of hydrogen-bond acceptors (Lipinski definition) is 3. The fraction of sp³-hybridized carbons (Fsp3) is 0.538. The lowest BCUT2D eigenvalue weighted by Gasteiger charge is -2.07. The molecule has 0 saturated heterocycles. The monoisotopic (exact) mass is 367 g/mol. The van der Waals surface area contributed by atoms with Gasteiger partial charge >= 0.3 is 0 Å². The van der Waals surface area contributed by atoms with E-state index in [1.165, 1.54) is 12.1 Å². The van der Waals surface area contributed by atoms with Crippen molar-refractivity contribution in [1.29, 1.82) is 0 Å². The standard InChI is InChI=1S/C13H19BrFNO3S/c1-2-3-8-19-9-4-7-16-20(17,18)11-5-6-12(14)13(15)10-11/h5-6,10,16H,2-4,7-9H2,1H3. The Morgan fingerprint density at radius 1 is 1.30 bits per heavy atom. The molecule has 20 heavy (non-hydrogen) atoms.